The van der Waals surface area contributed by atoms with Gasteiger partial charge in [0.25, 0.3) is 5.91 Å². The molecular formula is C21H25F2N5O2. The summed E-state index contributed by atoms with van der Waals surface area (Å²) in [6.45, 7) is 4.83. The number of halogens is 2. The summed E-state index contributed by atoms with van der Waals surface area (Å²) < 4.78 is 24.4. The molecule has 1 aromatic carbocycles. The normalized spacial score (nSPS) is 17.1. The molecule has 9 heteroatoms. The average Bonchev–Trinajstić information content (AvgIpc) is 2.73. The van der Waals surface area contributed by atoms with Crippen LogP contribution in [0.1, 0.15) is 21.6 Å². The zero-order valence-corrected chi connectivity index (χ0v) is 16.9. The number of anilines is 1. The minimum Gasteiger partial charge on any atom is -0.366 e. The van der Waals surface area contributed by atoms with E-state index in [1.807, 2.05) is 5.43 Å². The number of rotatable bonds is 5. The summed E-state index contributed by atoms with van der Waals surface area (Å²) in [5, 5.41) is 0. The highest BCUT2D eigenvalue weighted by Gasteiger charge is 2.26. The lowest BCUT2D eigenvalue weighted by Gasteiger charge is -2.41. The number of benzene rings is 1. The van der Waals surface area contributed by atoms with Crippen molar-refractivity contribution in [2.45, 2.75) is 25.8 Å². The molecule has 1 saturated heterocycles. The number of pyridine rings is 1. The summed E-state index contributed by atoms with van der Waals surface area (Å²) >= 11 is 0. The maximum atomic E-state index is 12.2. The number of hydrogen-bond donors (Lipinski definition) is 2. The van der Waals surface area contributed by atoms with Crippen LogP contribution in [-0.4, -0.2) is 60.8 Å². The fraction of sp³-hybridized carbons (Fsp3) is 0.381. The number of aromatic nitrogens is 1. The Labute approximate surface area is 174 Å². The molecule has 0 spiro atoms. The van der Waals surface area contributed by atoms with Gasteiger partial charge in [-0.25, -0.2) is 0 Å². The van der Waals surface area contributed by atoms with Crippen molar-refractivity contribution in [2.24, 2.45) is 0 Å². The number of carbonyl (C=O) groups is 2. The van der Waals surface area contributed by atoms with E-state index in [0.717, 1.165) is 25.3 Å². The topological polar surface area (TPSA) is 77.6 Å². The Balaban J connectivity index is 1.65. The van der Waals surface area contributed by atoms with Gasteiger partial charge in [-0.15, -0.1) is 0 Å². The van der Waals surface area contributed by atoms with E-state index in [0.29, 0.717) is 6.42 Å². The molecule has 2 amide bonds. The van der Waals surface area contributed by atoms with Crippen LogP contribution in [0.25, 0.3) is 0 Å². The second-order valence-corrected chi connectivity index (χ2v) is 7.43. The quantitative estimate of drug-likeness (QED) is 0.726. The third-order valence-electron chi connectivity index (χ3n) is 5.08. The predicted molar refractivity (Wildman–Crippen MR) is 109 cm³/mol. The van der Waals surface area contributed by atoms with Crippen LogP contribution >= 0.6 is 0 Å². The highest BCUT2D eigenvalue weighted by molar-refractivity contribution is 5.95. The molecule has 30 heavy (non-hydrogen) atoms. The van der Waals surface area contributed by atoms with Crippen LogP contribution in [0.3, 0.4) is 0 Å². The first kappa shape index (κ1) is 21.6. The largest absolute Gasteiger partial charge is 0.366 e. The van der Waals surface area contributed by atoms with E-state index in [-0.39, 0.29) is 11.6 Å². The summed E-state index contributed by atoms with van der Waals surface area (Å²) in [6, 6.07) is 12.0. The number of aryl methyl sites for hydroxylation is 1. The Kier molecular flexibility index (Phi) is 6.94. The van der Waals surface area contributed by atoms with Gasteiger partial charge < -0.3 is 9.80 Å². The second-order valence-electron chi connectivity index (χ2n) is 7.43. The lowest BCUT2D eigenvalue weighted by molar-refractivity contribution is -0.132. The summed E-state index contributed by atoms with van der Waals surface area (Å²) in [7, 11) is 2.09. The number of amides is 2. The van der Waals surface area contributed by atoms with E-state index in [1.54, 1.807) is 17.6 Å². The molecule has 1 unspecified atom stereocenters. The van der Waals surface area contributed by atoms with Gasteiger partial charge in [-0.3, -0.25) is 25.4 Å². The van der Waals surface area contributed by atoms with Gasteiger partial charge in [0, 0.05) is 49.7 Å². The van der Waals surface area contributed by atoms with Gasteiger partial charge in [-0.2, -0.15) is 8.78 Å². The van der Waals surface area contributed by atoms with Crippen LogP contribution in [0.2, 0.25) is 0 Å². The Morgan fingerprint density at radius 1 is 1.13 bits per heavy atom. The zero-order valence-electron chi connectivity index (χ0n) is 16.9. The van der Waals surface area contributed by atoms with Gasteiger partial charge in [0.15, 0.2) is 0 Å². The second kappa shape index (κ2) is 9.62. The molecule has 1 aliphatic heterocycles. The van der Waals surface area contributed by atoms with Gasteiger partial charge in [0.1, 0.15) is 0 Å². The molecule has 2 aromatic rings. The monoisotopic (exact) mass is 417 g/mol. The van der Waals surface area contributed by atoms with Crippen LogP contribution in [0.4, 0.5) is 14.5 Å². The highest BCUT2D eigenvalue weighted by atomic mass is 19.3. The minimum absolute atomic E-state index is 0.171. The number of nitrogens with one attached hydrogen (secondary N) is 2. The molecule has 3 rings (SSSR count). The van der Waals surface area contributed by atoms with Crippen molar-refractivity contribution in [3.8, 4) is 0 Å². The van der Waals surface area contributed by atoms with E-state index < -0.39 is 18.2 Å². The number of hydrazine groups is 1. The maximum Gasteiger partial charge on any atom is 0.317 e. The van der Waals surface area contributed by atoms with Crippen molar-refractivity contribution in [3.05, 3.63) is 59.4 Å². The molecule has 0 aliphatic carbocycles. The zero-order chi connectivity index (χ0) is 21.7. The van der Waals surface area contributed by atoms with Crippen molar-refractivity contribution in [1.82, 2.24) is 20.7 Å². The number of hydrogen-bond acceptors (Lipinski definition) is 5. The van der Waals surface area contributed by atoms with Crippen LogP contribution < -0.4 is 15.8 Å². The van der Waals surface area contributed by atoms with E-state index in [2.05, 4.69) is 53.0 Å². The van der Waals surface area contributed by atoms with E-state index >= 15 is 0 Å². The van der Waals surface area contributed by atoms with Crippen molar-refractivity contribution >= 4 is 17.5 Å². The first-order valence-corrected chi connectivity index (χ1v) is 9.68. The van der Waals surface area contributed by atoms with E-state index in [9.17, 15) is 18.4 Å². The fourth-order valence-electron chi connectivity index (χ4n) is 3.43. The van der Waals surface area contributed by atoms with Crippen molar-refractivity contribution in [1.29, 1.82) is 0 Å². The SMILES string of the molecule is Cc1ccc(N2CCN(C)CC2Cc2ccc(C(=O)NNC(=O)C(F)F)cn2)cc1. The third-order valence-corrected chi connectivity index (χ3v) is 5.08. The molecule has 0 radical (unpaired) electrons. The van der Waals surface area contributed by atoms with Gasteiger partial charge in [0.05, 0.1) is 5.56 Å². The van der Waals surface area contributed by atoms with Crippen LogP contribution in [-0.2, 0) is 11.2 Å². The number of nitrogens with zero attached hydrogens (tertiary/aromatic N) is 3. The average molecular weight is 417 g/mol. The number of carbonyl (C=O) groups excluding carboxylic acids is 2. The van der Waals surface area contributed by atoms with Gasteiger partial charge >= 0.3 is 12.3 Å². The summed E-state index contributed by atoms with van der Waals surface area (Å²) in [6.07, 6.45) is -1.12. The molecule has 1 aromatic heterocycles. The Morgan fingerprint density at radius 3 is 2.50 bits per heavy atom. The standard InChI is InChI=1S/C21H25F2N5O2/c1-14-3-7-17(8-4-14)28-10-9-27(2)13-18(28)11-16-6-5-15(12-24-16)20(29)25-26-21(30)19(22)23/h3-8,12,18-19H,9-11,13H2,1-2H3,(H,25,29)(H,26,30). The number of likely N-dealkylation sites (N-methyl/N-ethyl adjacent to an activating group) is 1. The predicted octanol–water partition coefficient (Wildman–Crippen LogP) is 1.78. The molecule has 2 heterocycles. The lowest BCUT2D eigenvalue weighted by Crippen LogP contribution is -2.53. The highest BCUT2D eigenvalue weighted by Crippen LogP contribution is 2.22. The van der Waals surface area contributed by atoms with Crippen LogP contribution in [0.5, 0.6) is 0 Å². The van der Waals surface area contributed by atoms with Gasteiger partial charge in [-0.1, -0.05) is 17.7 Å². The molecule has 0 bridgehead atoms. The van der Waals surface area contributed by atoms with Crippen LogP contribution in [0.15, 0.2) is 42.6 Å². The first-order valence-electron chi connectivity index (χ1n) is 9.68. The Hall–Kier alpha value is -3.07. The van der Waals surface area contributed by atoms with E-state index in [4.69, 9.17) is 0 Å². The molecule has 160 valence electrons. The van der Waals surface area contributed by atoms with E-state index in [1.165, 1.54) is 17.4 Å². The molecule has 0 saturated carbocycles. The number of piperazine rings is 1. The Bertz CT molecular complexity index is 874. The molecule has 1 atom stereocenters. The van der Waals surface area contributed by atoms with Crippen molar-refractivity contribution in [2.75, 3.05) is 31.6 Å². The fourth-order valence-corrected chi connectivity index (χ4v) is 3.43. The molecule has 1 aliphatic rings. The minimum atomic E-state index is -3.20. The lowest BCUT2D eigenvalue weighted by atomic mass is 10.0. The van der Waals surface area contributed by atoms with Crippen LogP contribution in [0, 0.1) is 6.92 Å². The van der Waals surface area contributed by atoms with Crippen molar-refractivity contribution in [3.63, 3.8) is 0 Å². The van der Waals surface area contributed by atoms with Gasteiger partial charge in [0.2, 0.25) is 0 Å². The summed E-state index contributed by atoms with van der Waals surface area (Å²) in [5.41, 5.74) is 6.99. The molecule has 1 fully saturated rings. The molecular weight excluding hydrogens is 392 g/mol. The maximum absolute atomic E-state index is 12.2. The summed E-state index contributed by atoms with van der Waals surface area (Å²) in [4.78, 5) is 31.8. The summed E-state index contributed by atoms with van der Waals surface area (Å²) in [5.74, 6) is -2.27. The Morgan fingerprint density at radius 2 is 1.87 bits per heavy atom. The number of alkyl halides is 2. The molecule has 7 nitrogen and oxygen atoms in total. The van der Waals surface area contributed by atoms with Gasteiger partial charge in [-0.05, 0) is 38.2 Å². The first-order chi connectivity index (χ1) is 14.3. The third kappa shape index (κ3) is 5.50. The van der Waals surface area contributed by atoms with Crippen molar-refractivity contribution < 1.29 is 18.4 Å². The smallest absolute Gasteiger partial charge is 0.317 e. The molecule has 2 N–H and O–H groups in total.